The van der Waals surface area contributed by atoms with E-state index in [1.54, 1.807) is 30.0 Å². The molecule has 0 radical (unpaired) electrons. The van der Waals surface area contributed by atoms with E-state index in [4.69, 9.17) is 0 Å². The van der Waals surface area contributed by atoms with Gasteiger partial charge in [0, 0.05) is 25.6 Å². The summed E-state index contributed by atoms with van der Waals surface area (Å²) in [5, 5.41) is 2.82. The van der Waals surface area contributed by atoms with Crippen LogP contribution >= 0.6 is 0 Å². The first-order chi connectivity index (χ1) is 13.5. The fraction of sp³-hybridized carbons (Fsp3) is 0.391. The molecule has 1 aliphatic heterocycles. The van der Waals surface area contributed by atoms with Gasteiger partial charge >= 0.3 is 0 Å². The quantitative estimate of drug-likeness (QED) is 0.850. The van der Waals surface area contributed by atoms with Crippen molar-refractivity contribution in [3.8, 4) is 0 Å². The fourth-order valence-electron chi connectivity index (χ4n) is 3.82. The van der Waals surface area contributed by atoms with Crippen molar-refractivity contribution in [2.24, 2.45) is 5.92 Å². The highest BCUT2D eigenvalue weighted by Gasteiger charge is 2.34. The van der Waals surface area contributed by atoms with Gasteiger partial charge in [-0.3, -0.25) is 9.59 Å². The molecule has 1 saturated heterocycles. The minimum atomic E-state index is -0.326. The average Bonchev–Trinajstić information content (AvgIpc) is 2.72. The molecule has 2 amide bonds. The van der Waals surface area contributed by atoms with Gasteiger partial charge in [0.25, 0.3) is 0 Å². The lowest BCUT2D eigenvalue weighted by Gasteiger charge is -2.39. The van der Waals surface area contributed by atoms with Gasteiger partial charge in [0.05, 0.1) is 12.0 Å². The van der Waals surface area contributed by atoms with Gasteiger partial charge in [0.1, 0.15) is 5.82 Å². The summed E-state index contributed by atoms with van der Waals surface area (Å²) in [6.07, 6.45) is 2.42. The predicted molar refractivity (Wildman–Crippen MR) is 107 cm³/mol. The molecule has 0 unspecified atom stereocenters. The van der Waals surface area contributed by atoms with Crippen molar-refractivity contribution in [3.63, 3.8) is 0 Å². The Bertz CT molecular complexity index is 835. The second kappa shape index (κ2) is 9.00. The topological polar surface area (TPSA) is 49.4 Å². The molecule has 0 bridgehead atoms. The van der Waals surface area contributed by atoms with E-state index in [1.165, 1.54) is 11.6 Å². The second-order valence-corrected chi connectivity index (χ2v) is 7.37. The number of piperidine rings is 1. The molecule has 5 heteroatoms. The van der Waals surface area contributed by atoms with Crippen LogP contribution in [0.3, 0.4) is 0 Å². The minimum absolute atomic E-state index is 0.000904. The van der Waals surface area contributed by atoms with Gasteiger partial charge < -0.3 is 10.2 Å². The highest BCUT2D eigenvalue weighted by Crippen LogP contribution is 2.33. The highest BCUT2D eigenvalue weighted by molar-refractivity contribution is 5.81. The average molecular weight is 382 g/mol. The molecule has 1 heterocycles. The number of benzene rings is 2. The van der Waals surface area contributed by atoms with E-state index >= 15 is 0 Å². The number of amides is 2. The van der Waals surface area contributed by atoms with Crippen LogP contribution in [0.1, 0.15) is 49.4 Å². The third kappa shape index (κ3) is 4.58. The molecule has 2 aromatic rings. The Morgan fingerprint density at radius 2 is 1.82 bits per heavy atom. The van der Waals surface area contributed by atoms with Crippen LogP contribution in [0.15, 0.2) is 48.5 Å². The summed E-state index contributed by atoms with van der Waals surface area (Å²) in [5.74, 6) is -0.764. The molecule has 3 rings (SSSR count). The summed E-state index contributed by atoms with van der Waals surface area (Å²) >= 11 is 0. The molecule has 0 aromatic heterocycles. The lowest BCUT2D eigenvalue weighted by Crippen LogP contribution is -2.46. The standard InChI is InChI=1S/C23H27FN2O2/c1-3-17-8-10-18(11-9-17)22-13-12-20(15-26(22)16(2)27)23(28)25-14-19-6-4-5-7-21(19)24/h4-11,20,22H,3,12-15H2,1-2H3,(H,25,28)/t20-,22-/m0/s1. The van der Waals surface area contributed by atoms with Crippen molar-refractivity contribution in [1.82, 2.24) is 10.2 Å². The van der Waals surface area contributed by atoms with Gasteiger partial charge in [-0.25, -0.2) is 4.39 Å². The van der Waals surface area contributed by atoms with Gasteiger partial charge in [-0.15, -0.1) is 0 Å². The molecule has 148 valence electrons. The molecule has 2 aromatic carbocycles. The Labute approximate surface area is 165 Å². The van der Waals surface area contributed by atoms with E-state index in [2.05, 4.69) is 36.5 Å². The maximum absolute atomic E-state index is 13.7. The Hall–Kier alpha value is -2.69. The maximum atomic E-state index is 13.7. The van der Waals surface area contributed by atoms with Crippen LogP contribution in [0.5, 0.6) is 0 Å². The summed E-state index contributed by atoms with van der Waals surface area (Å²) in [7, 11) is 0. The predicted octanol–water partition coefficient (Wildman–Crippen LogP) is 4.00. The number of halogens is 1. The number of likely N-dealkylation sites (tertiary alicyclic amines) is 1. The number of nitrogens with one attached hydrogen (secondary N) is 1. The van der Waals surface area contributed by atoms with E-state index in [1.807, 2.05) is 0 Å². The largest absolute Gasteiger partial charge is 0.352 e. The van der Waals surface area contributed by atoms with E-state index < -0.39 is 0 Å². The molecule has 0 aliphatic carbocycles. The van der Waals surface area contributed by atoms with E-state index in [0.717, 1.165) is 18.4 Å². The molecule has 1 aliphatic rings. The zero-order valence-corrected chi connectivity index (χ0v) is 16.5. The molecular formula is C23H27FN2O2. The number of aryl methyl sites for hydroxylation is 1. The second-order valence-electron chi connectivity index (χ2n) is 7.37. The van der Waals surface area contributed by atoms with E-state index in [9.17, 15) is 14.0 Å². The molecular weight excluding hydrogens is 355 g/mol. The summed E-state index contributed by atoms with van der Waals surface area (Å²) in [4.78, 5) is 26.6. The number of carbonyl (C=O) groups is 2. The third-order valence-electron chi connectivity index (χ3n) is 5.54. The number of hydrogen-bond acceptors (Lipinski definition) is 2. The van der Waals surface area contributed by atoms with E-state index in [0.29, 0.717) is 18.5 Å². The van der Waals surface area contributed by atoms with Gasteiger partial charge in [0.2, 0.25) is 11.8 Å². The van der Waals surface area contributed by atoms with Gasteiger partial charge in [-0.05, 0) is 36.5 Å². The molecule has 0 saturated carbocycles. The first-order valence-electron chi connectivity index (χ1n) is 9.86. The Morgan fingerprint density at radius 1 is 1.11 bits per heavy atom. The van der Waals surface area contributed by atoms with Crippen LogP contribution in [0, 0.1) is 11.7 Å². The third-order valence-corrected chi connectivity index (χ3v) is 5.54. The lowest BCUT2D eigenvalue weighted by molar-refractivity contribution is -0.137. The number of rotatable bonds is 5. The van der Waals surface area contributed by atoms with Gasteiger partial charge in [0.15, 0.2) is 0 Å². The van der Waals surface area contributed by atoms with Crippen LogP contribution in [0.25, 0.3) is 0 Å². The van der Waals surface area contributed by atoms with Crippen LogP contribution < -0.4 is 5.32 Å². The van der Waals surface area contributed by atoms with Crippen molar-refractivity contribution in [2.45, 2.75) is 45.7 Å². The molecule has 2 atom stereocenters. The summed E-state index contributed by atoms with van der Waals surface area (Å²) in [5.41, 5.74) is 2.83. The number of carbonyl (C=O) groups excluding carboxylic acids is 2. The highest BCUT2D eigenvalue weighted by atomic mass is 19.1. The van der Waals surface area contributed by atoms with Crippen molar-refractivity contribution >= 4 is 11.8 Å². The Kier molecular flexibility index (Phi) is 6.45. The zero-order chi connectivity index (χ0) is 20.1. The molecule has 4 nitrogen and oxygen atoms in total. The van der Waals surface area contributed by atoms with E-state index in [-0.39, 0.29) is 36.1 Å². The van der Waals surface area contributed by atoms with Crippen molar-refractivity contribution in [1.29, 1.82) is 0 Å². The smallest absolute Gasteiger partial charge is 0.225 e. The summed E-state index contributed by atoms with van der Waals surface area (Å²) in [6, 6.07) is 14.8. The monoisotopic (exact) mass is 382 g/mol. The summed E-state index contributed by atoms with van der Waals surface area (Å²) < 4.78 is 13.7. The Morgan fingerprint density at radius 3 is 2.46 bits per heavy atom. The van der Waals surface area contributed by atoms with Gasteiger partial charge in [-0.2, -0.15) is 0 Å². The maximum Gasteiger partial charge on any atom is 0.225 e. The SMILES string of the molecule is CCc1ccc([C@@H]2CC[C@H](C(=O)NCc3ccccc3F)CN2C(C)=O)cc1. The molecule has 1 N–H and O–H groups in total. The minimum Gasteiger partial charge on any atom is -0.352 e. The number of nitrogens with zero attached hydrogens (tertiary/aromatic N) is 1. The van der Waals surface area contributed by atoms with Crippen LogP contribution in [0.2, 0.25) is 0 Å². The van der Waals surface area contributed by atoms with Crippen molar-refractivity contribution in [3.05, 3.63) is 71.0 Å². The van der Waals surface area contributed by atoms with Crippen molar-refractivity contribution < 1.29 is 14.0 Å². The van der Waals surface area contributed by atoms with Gasteiger partial charge in [-0.1, -0.05) is 49.4 Å². The normalized spacial score (nSPS) is 19.3. The molecule has 28 heavy (non-hydrogen) atoms. The molecule has 1 fully saturated rings. The first kappa shape index (κ1) is 20.1. The van der Waals surface area contributed by atoms with Crippen molar-refractivity contribution in [2.75, 3.05) is 6.54 Å². The first-order valence-corrected chi connectivity index (χ1v) is 9.86. The number of hydrogen-bond donors (Lipinski definition) is 1. The lowest BCUT2D eigenvalue weighted by atomic mass is 9.88. The van der Waals surface area contributed by atoms with Crippen LogP contribution in [-0.2, 0) is 22.6 Å². The zero-order valence-electron chi connectivity index (χ0n) is 16.5. The molecule has 0 spiro atoms. The van der Waals surface area contributed by atoms with Crippen LogP contribution in [0.4, 0.5) is 4.39 Å². The van der Waals surface area contributed by atoms with Crippen LogP contribution in [-0.4, -0.2) is 23.3 Å². The Balaban J connectivity index is 1.65. The fourth-order valence-corrected chi connectivity index (χ4v) is 3.82. The summed E-state index contributed by atoms with van der Waals surface area (Å²) in [6.45, 7) is 4.21.